The lowest BCUT2D eigenvalue weighted by molar-refractivity contribution is -0.132. The lowest BCUT2D eigenvalue weighted by atomic mass is 9.95. The standard InChI is InChI=1S/C24H16Cl3NO5/c1-33-23-16(26)10-13(11-17(23)27)21(30)19-20(12-7-8-18(29)15(25)9-12)28(24(32)22(19)31)14-5-3-2-4-6-14/h2-11,20,29-30H,1H3/b21-19+. The van der Waals surface area contributed by atoms with Crippen LogP contribution < -0.4 is 9.64 Å². The summed E-state index contributed by atoms with van der Waals surface area (Å²) in [7, 11) is 1.40. The lowest BCUT2D eigenvalue weighted by Gasteiger charge is -2.25. The number of hydrogen-bond donors (Lipinski definition) is 2. The van der Waals surface area contributed by atoms with Crippen LogP contribution in [-0.4, -0.2) is 29.0 Å². The molecular formula is C24H16Cl3NO5. The molecule has 0 aliphatic carbocycles. The quantitative estimate of drug-likeness (QED) is 0.259. The molecule has 4 rings (SSSR count). The summed E-state index contributed by atoms with van der Waals surface area (Å²) in [5, 5.41) is 21.3. The fraction of sp³-hybridized carbons (Fsp3) is 0.0833. The second kappa shape index (κ2) is 8.98. The Morgan fingerprint density at radius 1 is 0.939 bits per heavy atom. The lowest BCUT2D eigenvalue weighted by Crippen LogP contribution is -2.29. The number of anilines is 1. The van der Waals surface area contributed by atoms with Gasteiger partial charge < -0.3 is 14.9 Å². The maximum absolute atomic E-state index is 13.2. The Morgan fingerprint density at radius 3 is 2.15 bits per heavy atom. The highest BCUT2D eigenvalue weighted by molar-refractivity contribution is 6.52. The number of carbonyl (C=O) groups excluding carboxylic acids is 2. The fourth-order valence-corrected chi connectivity index (χ4v) is 4.57. The summed E-state index contributed by atoms with van der Waals surface area (Å²) < 4.78 is 5.13. The Morgan fingerprint density at radius 2 is 1.58 bits per heavy atom. The SMILES string of the molecule is COc1c(Cl)cc(/C(O)=C2\C(=O)C(=O)N(c3ccccc3)C2c2ccc(O)c(Cl)c2)cc1Cl. The van der Waals surface area contributed by atoms with Crippen molar-refractivity contribution in [3.8, 4) is 11.5 Å². The molecule has 1 heterocycles. The van der Waals surface area contributed by atoms with Crippen molar-refractivity contribution in [2.75, 3.05) is 12.0 Å². The van der Waals surface area contributed by atoms with Gasteiger partial charge in [-0.1, -0.05) is 59.1 Å². The summed E-state index contributed by atoms with van der Waals surface area (Å²) in [4.78, 5) is 27.5. The number of phenolic OH excluding ortho intramolecular Hbond substituents is 1. The number of aromatic hydroxyl groups is 1. The summed E-state index contributed by atoms with van der Waals surface area (Å²) in [6, 6.07) is 14.6. The van der Waals surface area contributed by atoms with Gasteiger partial charge in [-0.25, -0.2) is 0 Å². The van der Waals surface area contributed by atoms with Gasteiger partial charge in [0.1, 0.15) is 11.5 Å². The maximum Gasteiger partial charge on any atom is 0.300 e. The van der Waals surface area contributed by atoms with Crippen LogP contribution in [0, 0.1) is 0 Å². The zero-order chi connectivity index (χ0) is 23.9. The highest BCUT2D eigenvalue weighted by Crippen LogP contribution is 2.44. The number of Topliss-reactive ketones (excluding diaryl/α,β-unsaturated/α-hetero) is 1. The molecule has 6 nitrogen and oxygen atoms in total. The predicted octanol–water partition coefficient (Wildman–Crippen LogP) is 5.99. The van der Waals surface area contributed by atoms with Gasteiger partial charge in [-0.15, -0.1) is 0 Å². The number of para-hydroxylation sites is 1. The van der Waals surface area contributed by atoms with Crippen molar-refractivity contribution in [2.24, 2.45) is 0 Å². The van der Waals surface area contributed by atoms with E-state index < -0.39 is 23.5 Å². The number of aliphatic hydroxyl groups is 1. The number of halogens is 3. The molecule has 1 aliphatic heterocycles. The number of methoxy groups -OCH3 is 1. The highest BCUT2D eigenvalue weighted by Gasteiger charge is 2.47. The molecule has 2 N–H and O–H groups in total. The predicted molar refractivity (Wildman–Crippen MR) is 127 cm³/mol. The summed E-state index contributed by atoms with van der Waals surface area (Å²) in [6.45, 7) is 0. The number of amides is 1. The summed E-state index contributed by atoms with van der Waals surface area (Å²) in [5.41, 5.74) is 0.807. The fourth-order valence-electron chi connectivity index (χ4n) is 3.74. The average Bonchev–Trinajstić information content (AvgIpc) is 3.06. The molecule has 168 valence electrons. The Bertz CT molecular complexity index is 1280. The van der Waals surface area contributed by atoms with E-state index in [9.17, 15) is 19.8 Å². The van der Waals surface area contributed by atoms with E-state index in [4.69, 9.17) is 39.5 Å². The van der Waals surface area contributed by atoms with Gasteiger partial charge in [-0.05, 0) is 42.0 Å². The molecular weight excluding hydrogens is 489 g/mol. The normalized spacial score (nSPS) is 17.5. The molecule has 0 saturated carbocycles. The third-order valence-electron chi connectivity index (χ3n) is 5.24. The summed E-state index contributed by atoms with van der Waals surface area (Å²) >= 11 is 18.5. The summed E-state index contributed by atoms with van der Waals surface area (Å²) in [6.07, 6.45) is 0. The van der Waals surface area contributed by atoms with Crippen LogP contribution in [0.3, 0.4) is 0 Å². The van der Waals surface area contributed by atoms with E-state index in [2.05, 4.69) is 0 Å². The smallest absolute Gasteiger partial charge is 0.300 e. The van der Waals surface area contributed by atoms with Gasteiger partial charge in [0.25, 0.3) is 11.7 Å². The van der Waals surface area contributed by atoms with Crippen LogP contribution in [0.15, 0.2) is 66.2 Å². The molecule has 1 unspecified atom stereocenters. The van der Waals surface area contributed by atoms with Crippen molar-refractivity contribution in [1.29, 1.82) is 0 Å². The monoisotopic (exact) mass is 503 g/mol. The second-order valence-corrected chi connectivity index (χ2v) is 8.41. The third kappa shape index (κ3) is 4.02. The van der Waals surface area contributed by atoms with E-state index >= 15 is 0 Å². The van der Waals surface area contributed by atoms with Crippen LogP contribution in [0.2, 0.25) is 15.1 Å². The van der Waals surface area contributed by atoms with Gasteiger partial charge in [0.15, 0.2) is 5.75 Å². The zero-order valence-corrected chi connectivity index (χ0v) is 19.3. The van der Waals surface area contributed by atoms with Crippen LogP contribution in [-0.2, 0) is 9.59 Å². The Hall–Kier alpha value is -3.19. The Balaban J connectivity index is 1.98. The van der Waals surface area contributed by atoms with E-state index in [0.717, 1.165) is 0 Å². The van der Waals surface area contributed by atoms with E-state index in [1.807, 2.05) is 0 Å². The highest BCUT2D eigenvalue weighted by atomic mass is 35.5. The topological polar surface area (TPSA) is 87.1 Å². The minimum Gasteiger partial charge on any atom is -0.507 e. The molecule has 9 heteroatoms. The van der Waals surface area contributed by atoms with Crippen LogP contribution in [0.25, 0.3) is 5.76 Å². The van der Waals surface area contributed by atoms with Crippen LogP contribution >= 0.6 is 34.8 Å². The van der Waals surface area contributed by atoms with Crippen molar-refractivity contribution >= 4 is 57.9 Å². The number of rotatable bonds is 4. The van der Waals surface area contributed by atoms with E-state index in [1.165, 1.54) is 42.3 Å². The summed E-state index contributed by atoms with van der Waals surface area (Å²) in [5.74, 6) is -2.14. The van der Waals surface area contributed by atoms with Crippen molar-refractivity contribution in [3.05, 3.63) is 92.4 Å². The van der Waals surface area contributed by atoms with Gasteiger partial charge in [0.05, 0.1) is 33.8 Å². The molecule has 1 saturated heterocycles. The first-order chi connectivity index (χ1) is 15.7. The number of nitrogens with zero attached hydrogens (tertiary/aromatic N) is 1. The number of hydrogen-bond acceptors (Lipinski definition) is 5. The third-order valence-corrected chi connectivity index (χ3v) is 6.11. The Labute approximate surface area is 204 Å². The first kappa shape index (κ1) is 23.0. The molecule has 0 aromatic heterocycles. The van der Waals surface area contributed by atoms with Crippen molar-refractivity contribution in [3.63, 3.8) is 0 Å². The number of phenols is 1. The first-order valence-electron chi connectivity index (χ1n) is 9.62. The van der Waals surface area contributed by atoms with E-state index in [1.54, 1.807) is 30.3 Å². The molecule has 3 aromatic carbocycles. The Kier molecular flexibility index (Phi) is 6.26. The number of aliphatic hydroxyl groups excluding tert-OH is 1. The molecule has 3 aromatic rings. The van der Waals surface area contributed by atoms with Crippen molar-refractivity contribution in [1.82, 2.24) is 0 Å². The molecule has 0 spiro atoms. The average molecular weight is 505 g/mol. The van der Waals surface area contributed by atoms with Gasteiger partial charge in [0.2, 0.25) is 0 Å². The molecule has 1 aliphatic rings. The van der Waals surface area contributed by atoms with Crippen LogP contribution in [0.4, 0.5) is 5.69 Å². The minimum absolute atomic E-state index is 0.0293. The van der Waals surface area contributed by atoms with E-state index in [-0.39, 0.29) is 37.7 Å². The number of benzene rings is 3. The number of ether oxygens (including phenoxy) is 1. The van der Waals surface area contributed by atoms with Gasteiger partial charge in [-0.2, -0.15) is 0 Å². The van der Waals surface area contributed by atoms with Gasteiger partial charge in [-0.3, -0.25) is 14.5 Å². The molecule has 0 bridgehead atoms. The number of carbonyl (C=O) groups is 2. The largest absolute Gasteiger partial charge is 0.507 e. The van der Waals surface area contributed by atoms with Gasteiger partial charge in [0, 0.05) is 11.3 Å². The first-order valence-corrected chi connectivity index (χ1v) is 10.8. The molecule has 33 heavy (non-hydrogen) atoms. The van der Waals surface area contributed by atoms with Crippen LogP contribution in [0.1, 0.15) is 17.2 Å². The van der Waals surface area contributed by atoms with Gasteiger partial charge >= 0.3 is 0 Å². The van der Waals surface area contributed by atoms with Crippen molar-refractivity contribution in [2.45, 2.75) is 6.04 Å². The molecule has 1 fully saturated rings. The van der Waals surface area contributed by atoms with E-state index in [0.29, 0.717) is 11.3 Å². The zero-order valence-electron chi connectivity index (χ0n) is 17.1. The molecule has 0 radical (unpaired) electrons. The minimum atomic E-state index is -1.02. The number of ketones is 1. The molecule has 1 amide bonds. The second-order valence-electron chi connectivity index (χ2n) is 7.19. The maximum atomic E-state index is 13.2. The van der Waals surface area contributed by atoms with Crippen LogP contribution in [0.5, 0.6) is 11.5 Å². The molecule has 1 atom stereocenters. The van der Waals surface area contributed by atoms with Crippen molar-refractivity contribution < 1.29 is 24.5 Å².